The van der Waals surface area contributed by atoms with Crippen molar-refractivity contribution in [3.05, 3.63) is 230 Å². The van der Waals surface area contributed by atoms with Gasteiger partial charge in [-0.1, -0.05) is 175 Å². The number of rotatable bonds is 7. The van der Waals surface area contributed by atoms with E-state index in [2.05, 4.69) is 242 Å². The Hall–Kier alpha value is -7.20. The molecule has 0 fully saturated rings. The predicted octanol–water partition coefficient (Wildman–Crippen LogP) is 11.9. The van der Waals surface area contributed by atoms with Crippen LogP contribution in [-0.4, -0.2) is 12.6 Å². The minimum atomic E-state index is -2.73. The van der Waals surface area contributed by atoms with Gasteiger partial charge >= 0.3 is 0 Å². The number of hydrogen-bond acceptors (Lipinski definition) is 1. The van der Waals surface area contributed by atoms with Gasteiger partial charge in [0.05, 0.1) is 16.7 Å². The van der Waals surface area contributed by atoms with Crippen molar-refractivity contribution in [3.8, 4) is 27.9 Å². The van der Waals surface area contributed by atoms with Gasteiger partial charge in [0.2, 0.25) is 0 Å². The van der Waals surface area contributed by atoms with Gasteiger partial charge in [-0.05, 0) is 106 Å². The largest absolute Gasteiger partial charge is 0.310 e. The van der Waals surface area contributed by atoms with Crippen LogP contribution in [-0.2, 0) is 0 Å². The zero-order valence-electron chi connectivity index (χ0n) is 33.2. The van der Waals surface area contributed by atoms with Gasteiger partial charge in [-0.2, -0.15) is 0 Å². The van der Waals surface area contributed by atoms with Gasteiger partial charge in [0.1, 0.15) is 0 Å². The average molecular weight is 771 g/mol. The Morgan fingerprint density at radius 3 is 1.49 bits per heavy atom. The highest BCUT2D eigenvalue weighted by atomic mass is 28.3. The highest BCUT2D eigenvalue weighted by molar-refractivity contribution is 7.22. The SMILES string of the molecule is Cc1ccc([Si]2(c3ccc(C)cc3)c3ccccc3-c3c(N(c4ccc(-c5ccccc5)cc4)c4ccc(-n5c6ccccc6c6ccccc65)cc4)cccc32)cc1. The molecule has 280 valence electrons. The minimum Gasteiger partial charge on any atom is -0.310 e. The van der Waals surface area contributed by atoms with Crippen molar-refractivity contribution in [2.24, 2.45) is 0 Å². The molecule has 0 aliphatic carbocycles. The molecule has 0 bridgehead atoms. The van der Waals surface area contributed by atoms with Gasteiger partial charge in [0, 0.05) is 33.4 Å². The molecule has 2 nitrogen and oxygen atoms in total. The molecule has 0 saturated carbocycles. The Bertz CT molecular complexity index is 3040. The lowest BCUT2D eigenvalue weighted by Gasteiger charge is -2.32. The number of fused-ring (bicyclic) bond motifs is 6. The van der Waals surface area contributed by atoms with Crippen molar-refractivity contribution < 1.29 is 0 Å². The molecule has 2 heterocycles. The molecule has 1 aliphatic heterocycles. The maximum Gasteiger partial charge on any atom is 0.180 e. The number of hydrogen-bond donors (Lipinski definition) is 0. The van der Waals surface area contributed by atoms with Crippen molar-refractivity contribution in [2.75, 3.05) is 4.90 Å². The number of nitrogens with zero attached hydrogens (tertiary/aromatic N) is 2. The second-order valence-corrected chi connectivity index (χ2v) is 19.6. The second kappa shape index (κ2) is 14.0. The molecular weight excluding hydrogens is 729 g/mol. The predicted molar refractivity (Wildman–Crippen MR) is 253 cm³/mol. The Kier molecular flexibility index (Phi) is 8.31. The molecule has 59 heavy (non-hydrogen) atoms. The summed E-state index contributed by atoms with van der Waals surface area (Å²) in [6, 6.07) is 81.4. The van der Waals surface area contributed by atoms with E-state index in [1.54, 1.807) is 0 Å². The number of benzene rings is 9. The zero-order chi connectivity index (χ0) is 39.5. The quantitative estimate of drug-likeness (QED) is 0.147. The molecule has 0 saturated heterocycles. The van der Waals surface area contributed by atoms with Crippen molar-refractivity contribution in [3.63, 3.8) is 0 Å². The average Bonchev–Trinajstić information content (AvgIpc) is 3.79. The molecule has 0 N–H and O–H groups in total. The maximum absolute atomic E-state index is 2.73. The third-order valence-corrected chi connectivity index (χ3v) is 17.3. The van der Waals surface area contributed by atoms with E-state index in [1.807, 2.05) is 0 Å². The normalized spacial score (nSPS) is 12.7. The molecule has 0 unspecified atom stereocenters. The van der Waals surface area contributed by atoms with Crippen LogP contribution in [0.2, 0.25) is 0 Å². The van der Waals surface area contributed by atoms with Crippen LogP contribution < -0.4 is 25.6 Å². The summed E-state index contributed by atoms with van der Waals surface area (Å²) in [5.41, 5.74) is 14.6. The summed E-state index contributed by atoms with van der Waals surface area (Å²) in [4.78, 5) is 2.48. The fraction of sp³-hybridized carbons (Fsp3) is 0.0357. The smallest absolute Gasteiger partial charge is 0.180 e. The Morgan fingerprint density at radius 1 is 0.390 bits per heavy atom. The molecule has 0 atom stereocenters. The maximum atomic E-state index is 2.48. The Balaban J connectivity index is 1.15. The first-order chi connectivity index (χ1) is 29.1. The van der Waals surface area contributed by atoms with Crippen molar-refractivity contribution in [2.45, 2.75) is 13.8 Å². The summed E-state index contributed by atoms with van der Waals surface area (Å²) in [5, 5.41) is 8.21. The second-order valence-electron chi connectivity index (χ2n) is 15.9. The summed E-state index contributed by atoms with van der Waals surface area (Å²) >= 11 is 0. The zero-order valence-corrected chi connectivity index (χ0v) is 34.2. The van der Waals surface area contributed by atoms with Crippen LogP contribution in [0, 0.1) is 13.8 Å². The standard InChI is InChI=1S/C56H42N2Si/c1-39-23-35-46(36-24-39)59(47-37-25-40(2)26-38-47)54-21-11-8-17-50(54)56-53(20-12-22-55(56)59)57(43-29-27-42(28-30-43)41-13-4-3-5-14-41)44-31-33-45(34-32-44)58-51-18-9-6-15-48(51)49-16-7-10-19-52(49)58/h3-38H,1-2H3. The first-order valence-electron chi connectivity index (χ1n) is 20.5. The van der Waals surface area contributed by atoms with E-state index < -0.39 is 8.07 Å². The van der Waals surface area contributed by atoms with E-state index in [4.69, 9.17) is 0 Å². The van der Waals surface area contributed by atoms with Gasteiger partial charge in [-0.15, -0.1) is 0 Å². The van der Waals surface area contributed by atoms with Crippen molar-refractivity contribution in [1.82, 2.24) is 4.57 Å². The number of aryl methyl sites for hydroxylation is 2. The molecule has 0 spiro atoms. The number of anilines is 3. The summed E-state index contributed by atoms with van der Waals surface area (Å²) in [6.07, 6.45) is 0. The van der Waals surface area contributed by atoms with E-state index >= 15 is 0 Å². The summed E-state index contributed by atoms with van der Waals surface area (Å²) in [5.74, 6) is 0. The molecule has 1 aromatic heterocycles. The van der Waals surface area contributed by atoms with Crippen molar-refractivity contribution in [1.29, 1.82) is 0 Å². The van der Waals surface area contributed by atoms with E-state index in [0.717, 1.165) is 17.1 Å². The van der Waals surface area contributed by atoms with E-state index in [9.17, 15) is 0 Å². The molecule has 10 aromatic rings. The lowest BCUT2D eigenvalue weighted by atomic mass is 10.0. The van der Waals surface area contributed by atoms with Gasteiger partial charge in [0.25, 0.3) is 0 Å². The molecular formula is C56H42N2Si. The highest BCUT2D eigenvalue weighted by Gasteiger charge is 2.49. The molecule has 3 heteroatoms. The van der Waals surface area contributed by atoms with E-state index in [0.29, 0.717) is 0 Å². The third kappa shape index (κ3) is 5.54. The fourth-order valence-corrected chi connectivity index (χ4v) is 14.8. The van der Waals surface area contributed by atoms with Gasteiger partial charge < -0.3 is 9.47 Å². The monoisotopic (exact) mass is 770 g/mol. The van der Waals surface area contributed by atoms with E-state index in [1.165, 1.54) is 81.6 Å². The summed E-state index contributed by atoms with van der Waals surface area (Å²) < 4.78 is 2.40. The van der Waals surface area contributed by atoms with Crippen molar-refractivity contribution >= 4 is 67.7 Å². The number of para-hydroxylation sites is 2. The van der Waals surface area contributed by atoms with Crippen LogP contribution in [0.15, 0.2) is 218 Å². The number of aromatic nitrogens is 1. The van der Waals surface area contributed by atoms with Crippen LogP contribution in [0.1, 0.15) is 11.1 Å². The van der Waals surface area contributed by atoms with Gasteiger partial charge in [0.15, 0.2) is 8.07 Å². The van der Waals surface area contributed by atoms with Crippen LogP contribution in [0.5, 0.6) is 0 Å². The van der Waals surface area contributed by atoms with Crippen LogP contribution >= 0.6 is 0 Å². The summed E-state index contributed by atoms with van der Waals surface area (Å²) in [7, 11) is -2.73. The fourth-order valence-electron chi connectivity index (χ4n) is 9.70. The lowest BCUT2D eigenvalue weighted by molar-refractivity contribution is 1.17. The third-order valence-electron chi connectivity index (χ3n) is 12.4. The molecule has 0 amide bonds. The van der Waals surface area contributed by atoms with E-state index in [-0.39, 0.29) is 0 Å². The summed E-state index contributed by atoms with van der Waals surface area (Å²) in [6.45, 7) is 4.37. The molecule has 1 aliphatic rings. The molecule has 0 radical (unpaired) electrons. The first kappa shape index (κ1) is 35.0. The van der Waals surface area contributed by atoms with Crippen LogP contribution in [0.25, 0.3) is 49.7 Å². The first-order valence-corrected chi connectivity index (χ1v) is 22.5. The minimum absolute atomic E-state index is 1.11. The van der Waals surface area contributed by atoms with Gasteiger partial charge in [-0.25, -0.2) is 0 Å². The molecule has 9 aromatic carbocycles. The highest BCUT2D eigenvalue weighted by Crippen LogP contribution is 2.44. The van der Waals surface area contributed by atoms with Gasteiger partial charge in [-0.3, -0.25) is 0 Å². The Labute approximate surface area is 346 Å². The topological polar surface area (TPSA) is 8.17 Å². The van der Waals surface area contributed by atoms with Crippen LogP contribution in [0.3, 0.4) is 0 Å². The molecule has 11 rings (SSSR count). The van der Waals surface area contributed by atoms with Crippen LogP contribution in [0.4, 0.5) is 17.1 Å². The lowest BCUT2D eigenvalue weighted by Crippen LogP contribution is -2.72. The Morgan fingerprint density at radius 2 is 0.881 bits per heavy atom.